The Morgan fingerprint density at radius 3 is 2.85 bits per heavy atom. The Bertz CT molecular complexity index is 597. The van der Waals surface area contributed by atoms with Crippen molar-refractivity contribution in [2.24, 2.45) is 0 Å². The predicted octanol–water partition coefficient (Wildman–Crippen LogP) is 5.03. The Balaban J connectivity index is 1.48. The summed E-state index contributed by atoms with van der Waals surface area (Å²) in [6, 6.07) is 14.8. The van der Waals surface area contributed by atoms with Gasteiger partial charge in [0.2, 0.25) is 0 Å². The van der Waals surface area contributed by atoms with Gasteiger partial charge in [0.05, 0.1) is 0 Å². The number of hydrogen-bond donors (Lipinski definition) is 1. The highest BCUT2D eigenvalue weighted by molar-refractivity contribution is 7.99. The normalized spacial score (nSPS) is 13.2. The first-order valence-electron chi connectivity index (χ1n) is 7.05. The van der Waals surface area contributed by atoms with Gasteiger partial charge in [0.25, 0.3) is 0 Å². The van der Waals surface area contributed by atoms with Crippen LogP contribution in [0, 0.1) is 0 Å². The second kappa shape index (κ2) is 6.55. The van der Waals surface area contributed by atoms with E-state index < -0.39 is 0 Å². The third-order valence-corrected chi connectivity index (χ3v) is 4.83. The van der Waals surface area contributed by atoms with Crippen LogP contribution in [0.15, 0.2) is 47.4 Å². The Hall–Kier alpha value is -1.12. The molecule has 0 aromatic heterocycles. The van der Waals surface area contributed by atoms with Crippen molar-refractivity contribution in [2.45, 2.75) is 24.2 Å². The van der Waals surface area contributed by atoms with Crippen molar-refractivity contribution in [2.75, 3.05) is 17.6 Å². The number of thioether (sulfide) groups is 1. The van der Waals surface area contributed by atoms with Gasteiger partial charge in [0.1, 0.15) is 0 Å². The van der Waals surface area contributed by atoms with Gasteiger partial charge in [-0.25, -0.2) is 0 Å². The van der Waals surface area contributed by atoms with Gasteiger partial charge >= 0.3 is 0 Å². The van der Waals surface area contributed by atoms with E-state index in [-0.39, 0.29) is 0 Å². The van der Waals surface area contributed by atoms with E-state index in [1.165, 1.54) is 24.2 Å². The smallest absolute Gasteiger partial charge is 0.0426 e. The molecule has 0 unspecified atom stereocenters. The number of aryl methyl sites for hydroxylation is 2. The maximum Gasteiger partial charge on any atom is 0.0426 e. The number of halogens is 1. The first-order valence-corrected chi connectivity index (χ1v) is 8.42. The zero-order valence-corrected chi connectivity index (χ0v) is 12.9. The first-order chi connectivity index (χ1) is 9.81. The lowest BCUT2D eigenvalue weighted by Gasteiger charge is -2.07. The first kappa shape index (κ1) is 13.8. The zero-order valence-electron chi connectivity index (χ0n) is 11.4. The maximum absolute atomic E-state index is 5.96. The van der Waals surface area contributed by atoms with Gasteiger partial charge in [-0.1, -0.05) is 23.7 Å². The lowest BCUT2D eigenvalue weighted by molar-refractivity contribution is 0.911. The molecule has 0 fully saturated rings. The van der Waals surface area contributed by atoms with E-state index in [1.807, 2.05) is 36.0 Å². The average molecular weight is 304 g/mol. The van der Waals surface area contributed by atoms with Crippen molar-refractivity contribution in [3.8, 4) is 0 Å². The quantitative estimate of drug-likeness (QED) is 0.614. The summed E-state index contributed by atoms with van der Waals surface area (Å²) in [5.41, 5.74) is 4.19. The Morgan fingerprint density at radius 1 is 1.05 bits per heavy atom. The van der Waals surface area contributed by atoms with Crippen LogP contribution >= 0.6 is 23.4 Å². The molecule has 3 heteroatoms. The minimum atomic E-state index is 0.779. The molecule has 0 amide bonds. The van der Waals surface area contributed by atoms with Gasteiger partial charge in [-0.15, -0.1) is 11.8 Å². The molecular weight excluding hydrogens is 286 g/mol. The molecule has 0 saturated carbocycles. The summed E-state index contributed by atoms with van der Waals surface area (Å²) >= 11 is 7.88. The molecule has 0 aliphatic heterocycles. The molecule has 0 heterocycles. The maximum atomic E-state index is 5.96. The van der Waals surface area contributed by atoms with E-state index in [4.69, 9.17) is 11.6 Å². The molecule has 0 saturated heterocycles. The van der Waals surface area contributed by atoms with Gasteiger partial charge in [-0.3, -0.25) is 0 Å². The van der Waals surface area contributed by atoms with Gasteiger partial charge < -0.3 is 5.32 Å². The van der Waals surface area contributed by atoms with E-state index in [1.54, 1.807) is 11.1 Å². The number of benzene rings is 2. The molecule has 104 valence electrons. The summed E-state index contributed by atoms with van der Waals surface area (Å²) in [5.74, 6) is 1.06. The monoisotopic (exact) mass is 303 g/mol. The van der Waals surface area contributed by atoms with Gasteiger partial charge in [-0.2, -0.15) is 0 Å². The minimum absolute atomic E-state index is 0.779. The summed E-state index contributed by atoms with van der Waals surface area (Å²) in [6.45, 7) is 0.947. The van der Waals surface area contributed by atoms with Crippen molar-refractivity contribution in [3.63, 3.8) is 0 Å². The fourth-order valence-electron chi connectivity index (χ4n) is 2.60. The van der Waals surface area contributed by atoms with Gasteiger partial charge in [-0.05, 0) is 60.7 Å². The van der Waals surface area contributed by atoms with Crippen molar-refractivity contribution < 1.29 is 0 Å². The number of hydrogen-bond acceptors (Lipinski definition) is 2. The highest BCUT2D eigenvalue weighted by Crippen LogP contribution is 2.27. The molecule has 1 aliphatic rings. The number of nitrogens with one attached hydrogen (secondary N) is 1. The van der Waals surface area contributed by atoms with E-state index >= 15 is 0 Å². The highest BCUT2D eigenvalue weighted by Gasteiger charge is 2.10. The van der Waals surface area contributed by atoms with Gasteiger partial charge in [0.15, 0.2) is 0 Å². The van der Waals surface area contributed by atoms with Crippen LogP contribution in [0.5, 0.6) is 0 Å². The van der Waals surface area contributed by atoms with E-state index in [0.29, 0.717) is 0 Å². The van der Waals surface area contributed by atoms with Crippen LogP contribution in [0.4, 0.5) is 5.69 Å². The van der Waals surface area contributed by atoms with Crippen LogP contribution in [0.3, 0.4) is 0 Å². The molecule has 1 aliphatic carbocycles. The molecule has 0 atom stereocenters. The standard InChI is InChI=1S/C17H18ClNS/c18-15-5-2-6-16(12-15)19-9-10-20-17-8-7-13-3-1-4-14(13)11-17/h2,5-8,11-12,19H,1,3-4,9-10H2. The second-order valence-electron chi connectivity index (χ2n) is 5.07. The second-order valence-corrected chi connectivity index (χ2v) is 6.67. The Morgan fingerprint density at radius 2 is 1.95 bits per heavy atom. The Kier molecular flexibility index (Phi) is 4.54. The van der Waals surface area contributed by atoms with Crippen LogP contribution in [0.2, 0.25) is 5.02 Å². The summed E-state index contributed by atoms with van der Waals surface area (Å²) in [6.07, 6.45) is 3.83. The summed E-state index contributed by atoms with van der Waals surface area (Å²) in [5, 5.41) is 4.18. The minimum Gasteiger partial charge on any atom is -0.384 e. The largest absolute Gasteiger partial charge is 0.384 e. The highest BCUT2D eigenvalue weighted by atomic mass is 35.5. The lowest BCUT2D eigenvalue weighted by Crippen LogP contribution is -2.03. The van der Waals surface area contributed by atoms with E-state index in [2.05, 4.69) is 23.5 Å². The molecule has 0 bridgehead atoms. The van der Waals surface area contributed by atoms with Crippen molar-refractivity contribution in [1.29, 1.82) is 0 Å². The van der Waals surface area contributed by atoms with E-state index in [0.717, 1.165) is 23.0 Å². The third-order valence-electron chi connectivity index (χ3n) is 3.59. The predicted molar refractivity (Wildman–Crippen MR) is 89.1 cm³/mol. The number of rotatable bonds is 5. The topological polar surface area (TPSA) is 12.0 Å². The molecule has 20 heavy (non-hydrogen) atoms. The molecule has 2 aromatic carbocycles. The summed E-state index contributed by atoms with van der Waals surface area (Å²) < 4.78 is 0. The third kappa shape index (κ3) is 3.50. The SMILES string of the molecule is Clc1cccc(NCCSc2ccc3c(c2)CCC3)c1. The van der Waals surface area contributed by atoms with Crippen LogP contribution in [0.1, 0.15) is 17.5 Å². The Labute approximate surface area is 129 Å². The van der Waals surface area contributed by atoms with Crippen LogP contribution in [0.25, 0.3) is 0 Å². The molecule has 0 radical (unpaired) electrons. The van der Waals surface area contributed by atoms with Crippen molar-refractivity contribution >= 4 is 29.1 Å². The van der Waals surface area contributed by atoms with Crippen molar-refractivity contribution in [1.82, 2.24) is 0 Å². The number of anilines is 1. The summed E-state index contributed by atoms with van der Waals surface area (Å²) in [4.78, 5) is 1.39. The van der Waals surface area contributed by atoms with Crippen LogP contribution in [-0.2, 0) is 12.8 Å². The molecule has 0 spiro atoms. The van der Waals surface area contributed by atoms with E-state index in [9.17, 15) is 0 Å². The summed E-state index contributed by atoms with van der Waals surface area (Å²) in [7, 11) is 0. The molecule has 3 rings (SSSR count). The molecule has 2 aromatic rings. The molecular formula is C17H18ClNS. The molecule has 1 nitrogen and oxygen atoms in total. The fourth-order valence-corrected chi connectivity index (χ4v) is 3.62. The van der Waals surface area contributed by atoms with Crippen LogP contribution in [-0.4, -0.2) is 12.3 Å². The molecule has 1 N–H and O–H groups in total. The van der Waals surface area contributed by atoms with Gasteiger partial charge in [0, 0.05) is 27.9 Å². The number of fused-ring (bicyclic) bond motifs is 1. The zero-order chi connectivity index (χ0) is 13.8. The average Bonchev–Trinajstić information content (AvgIpc) is 2.91. The van der Waals surface area contributed by atoms with Crippen molar-refractivity contribution in [3.05, 3.63) is 58.6 Å². The fraction of sp³-hybridized carbons (Fsp3) is 0.294. The lowest BCUT2D eigenvalue weighted by atomic mass is 10.1. The van der Waals surface area contributed by atoms with Crippen LogP contribution < -0.4 is 5.32 Å².